The average Bonchev–Trinajstić information content (AvgIpc) is 3.27. The molecule has 0 aliphatic carbocycles. The Morgan fingerprint density at radius 3 is 2.96 bits per heavy atom. The minimum Gasteiger partial charge on any atom is -0.349 e. The highest BCUT2D eigenvalue weighted by Crippen LogP contribution is 2.37. The summed E-state index contributed by atoms with van der Waals surface area (Å²) in [5.41, 5.74) is 8.29. The quantitative estimate of drug-likeness (QED) is 0.700. The second kappa shape index (κ2) is 7.29. The van der Waals surface area contributed by atoms with E-state index in [1.54, 1.807) is 16.8 Å². The molecular formula is C20H24ClFN6. The van der Waals surface area contributed by atoms with Crippen LogP contribution in [-0.2, 0) is 6.42 Å². The standard InChI is InChI=1S/C20H24ClFN6/c1-20(2,23)7-5-16-14(10-13(22)11-24-16)17-4-3-8-27(17)18-6-9-28-19(26-18)15(21)12-25-28/h6,9-12,17H,3-5,7-8,23H2,1-2H3. The summed E-state index contributed by atoms with van der Waals surface area (Å²) in [6.07, 6.45) is 8.13. The van der Waals surface area contributed by atoms with Crippen molar-refractivity contribution in [2.45, 2.75) is 51.1 Å². The van der Waals surface area contributed by atoms with Crippen LogP contribution in [0.2, 0.25) is 5.02 Å². The van der Waals surface area contributed by atoms with Gasteiger partial charge in [-0.1, -0.05) is 11.6 Å². The number of aryl methyl sites for hydroxylation is 1. The van der Waals surface area contributed by atoms with Crippen molar-refractivity contribution in [3.8, 4) is 0 Å². The maximum Gasteiger partial charge on any atom is 0.175 e. The summed E-state index contributed by atoms with van der Waals surface area (Å²) in [6, 6.07) is 3.55. The highest BCUT2D eigenvalue weighted by Gasteiger charge is 2.30. The summed E-state index contributed by atoms with van der Waals surface area (Å²) in [7, 11) is 0. The normalized spacial score (nSPS) is 17.6. The molecule has 1 atom stereocenters. The van der Waals surface area contributed by atoms with Crippen molar-refractivity contribution >= 4 is 23.1 Å². The Bertz CT molecular complexity index is 996. The largest absolute Gasteiger partial charge is 0.349 e. The Morgan fingerprint density at radius 1 is 1.36 bits per heavy atom. The fraction of sp³-hybridized carbons (Fsp3) is 0.450. The summed E-state index contributed by atoms with van der Waals surface area (Å²) >= 11 is 6.20. The Balaban J connectivity index is 1.69. The van der Waals surface area contributed by atoms with Gasteiger partial charge in [0.15, 0.2) is 5.65 Å². The molecule has 1 fully saturated rings. The lowest BCUT2D eigenvalue weighted by molar-refractivity contribution is 0.471. The van der Waals surface area contributed by atoms with Crippen LogP contribution in [0.25, 0.3) is 5.65 Å². The van der Waals surface area contributed by atoms with Crippen LogP contribution >= 0.6 is 11.6 Å². The first kappa shape index (κ1) is 19.1. The van der Waals surface area contributed by atoms with E-state index in [9.17, 15) is 4.39 Å². The van der Waals surface area contributed by atoms with Crippen molar-refractivity contribution in [2.75, 3.05) is 11.4 Å². The number of hydrogen-bond donors (Lipinski definition) is 1. The number of rotatable bonds is 5. The van der Waals surface area contributed by atoms with Gasteiger partial charge in [0.1, 0.15) is 16.7 Å². The van der Waals surface area contributed by atoms with Crippen LogP contribution in [0.4, 0.5) is 10.2 Å². The van der Waals surface area contributed by atoms with E-state index in [2.05, 4.69) is 15.0 Å². The van der Waals surface area contributed by atoms with Gasteiger partial charge in [-0.05, 0) is 57.2 Å². The van der Waals surface area contributed by atoms with Gasteiger partial charge in [-0.25, -0.2) is 13.9 Å². The molecule has 0 spiro atoms. The first-order chi connectivity index (χ1) is 13.3. The van der Waals surface area contributed by atoms with Crippen molar-refractivity contribution in [3.63, 3.8) is 0 Å². The lowest BCUT2D eigenvalue weighted by Gasteiger charge is -2.28. The Morgan fingerprint density at radius 2 is 2.18 bits per heavy atom. The number of pyridine rings is 1. The van der Waals surface area contributed by atoms with Gasteiger partial charge < -0.3 is 10.6 Å². The maximum atomic E-state index is 14.1. The highest BCUT2D eigenvalue weighted by atomic mass is 35.5. The number of aromatic nitrogens is 4. The van der Waals surface area contributed by atoms with Gasteiger partial charge in [0, 0.05) is 24.0 Å². The minimum absolute atomic E-state index is 0.0238. The second-order valence-electron chi connectivity index (χ2n) is 8.08. The van der Waals surface area contributed by atoms with Crippen molar-refractivity contribution in [2.24, 2.45) is 5.73 Å². The predicted molar refractivity (Wildman–Crippen MR) is 108 cm³/mol. The molecular weight excluding hydrogens is 379 g/mol. The van der Waals surface area contributed by atoms with Gasteiger partial charge in [0.2, 0.25) is 0 Å². The van der Waals surface area contributed by atoms with Crippen molar-refractivity contribution in [1.29, 1.82) is 0 Å². The minimum atomic E-state index is -0.320. The SMILES string of the molecule is CC(C)(N)CCc1ncc(F)cc1C1CCCN1c1ccn2ncc(Cl)c2n1. The van der Waals surface area contributed by atoms with Gasteiger partial charge in [-0.15, -0.1) is 0 Å². The Kier molecular flexibility index (Phi) is 4.97. The molecule has 0 aromatic carbocycles. The zero-order valence-corrected chi connectivity index (χ0v) is 16.8. The molecule has 148 valence electrons. The van der Waals surface area contributed by atoms with Gasteiger partial charge in [0.05, 0.1) is 18.4 Å². The maximum absolute atomic E-state index is 14.1. The molecule has 8 heteroatoms. The van der Waals surface area contributed by atoms with Gasteiger partial charge in [-0.2, -0.15) is 5.10 Å². The van der Waals surface area contributed by atoms with Crippen molar-refractivity contribution in [1.82, 2.24) is 19.6 Å². The third-order valence-corrected chi connectivity index (χ3v) is 5.46. The molecule has 0 radical (unpaired) electrons. The molecule has 0 saturated carbocycles. The fourth-order valence-corrected chi connectivity index (χ4v) is 3.95. The van der Waals surface area contributed by atoms with Crippen molar-refractivity contribution in [3.05, 3.63) is 52.8 Å². The van der Waals surface area contributed by atoms with E-state index in [1.807, 2.05) is 26.1 Å². The van der Waals surface area contributed by atoms with Crippen LogP contribution in [0, 0.1) is 5.82 Å². The van der Waals surface area contributed by atoms with Crippen LogP contribution in [0.3, 0.4) is 0 Å². The third kappa shape index (κ3) is 3.82. The van der Waals surface area contributed by atoms with E-state index in [-0.39, 0.29) is 17.4 Å². The van der Waals surface area contributed by atoms with Crippen LogP contribution in [0.15, 0.2) is 30.7 Å². The van der Waals surface area contributed by atoms with Crippen molar-refractivity contribution < 1.29 is 4.39 Å². The molecule has 3 aromatic heterocycles. The Hall–Kier alpha value is -2.25. The number of nitrogens with zero attached hydrogens (tertiary/aromatic N) is 5. The molecule has 1 unspecified atom stereocenters. The lowest BCUT2D eigenvalue weighted by atomic mass is 9.94. The number of anilines is 1. The molecule has 1 saturated heterocycles. The number of hydrogen-bond acceptors (Lipinski definition) is 5. The summed E-state index contributed by atoms with van der Waals surface area (Å²) in [4.78, 5) is 11.3. The van der Waals surface area contributed by atoms with Crippen LogP contribution < -0.4 is 10.6 Å². The first-order valence-electron chi connectivity index (χ1n) is 9.51. The number of nitrogens with two attached hydrogens (primary N) is 1. The van der Waals surface area contributed by atoms with Gasteiger partial charge in [-0.3, -0.25) is 4.98 Å². The molecule has 4 heterocycles. The molecule has 28 heavy (non-hydrogen) atoms. The smallest absolute Gasteiger partial charge is 0.175 e. The summed E-state index contributed by atoms with van der Waals surface area (Å²) < 4.78 is 15.7. The third-order valence-electron chi connectivity index (χ3n) is 5.19. The number of fused-ring (bicyclic) bond motifs is 1. The van der Waals surface area contributed by atoms with E-state index in [1.165, 1.54) is 6.20 Å². The molecule has 0 amide bonds. The average molecular weight is 403 g/mol. The highest BCUT2D eigenvalue weighted by molar-refractivity contribution is 6.33. The molecule has 0 bridgehead atoms. The molecule has 3 aromatic rings. The summed E-state index contributed by atoms with van der Waals surface area (Å²) in [5.74, 6) is 0.492. The van der Waals surface area contributed by atoms with E-state index in [4.69, 9.17) is 22.3 Å². The van der Waals surface area contributed by atoms with E-state index < -0.39 is 0 Å². The first-order valence-corrected chi connectivity index (χ1v) is 9.89. The molecule has 4 rings (SSSR count). The van der Waals surface area contributed by atoms with E-state index in [0.717, 1.165) is 42.9 Å². The van der Waals surface area contributed by atoms with E-state index >= 15 is 0 Å². The number of halogens is 2. The van der Waals surface area contributed by atoms with Crippen LogP contribution in [-0.4, -0.2) is 31.7 Å². The molecule has 1 aliphatic rings. The zero-order valence-electron chi connectivity index (χ0n) is 16.1. The predicted octanol–water partition coefficient (Wildman–Crippen LogP) is 3.93. The van der Waals surface area contributed by atoms with E-state index in [0.29, 0.717) is 17.1 Å². The van der Waals surface area contributed by atoms with Crippen LogP contribution in [0.5, 0.6) is 0 Å². The summed E-state index contributed by atoms with van der Waals surface area (Å²) in [6.45, 7) is 4.83. The monoisotopic (exact) mass is 402 g/mol. The van der Waals surface area contributed by atoms with Gasteiger partial charge >= 0.3 is 0 Å². The summed E-state index contributed by atoms with van der Waals surface area (Å²) in [5, 5.41) is 4.68. The Labute approximate surface area is 168 Å². The fourth-order valence-electron chi connectivity index (χ4n) is 3.78. The van der Waals surface area contributed by atoms with Gasteiger partial charge in [0.25, 0.3) is 0 Å². The zero-order chi connectivity index (χ0) is 19.9. The molecule has 2 N–H and O–H groups in total. The molecule has 6 nitrogen and oxygen atoms in total. The lowest BCUT2D eigenvalue weighted by Crippen LogP contribution is -2.32. The molecule has 1 aliphatic heterocycles. The topological polar surface area (TPSA) is 72.3 Å². The van der Waals surface area contributed by atoms with Crippen LogP contribution in [0.1, 0.15) is 50.4 Å². The second-order valence-corrected chi connectivity index (χ2v) is 8.48.